The molecular formula is C14H18ClIN4OS. The normalized spacial score (nSPS) is 11.0. The van der Waals surface area contributed by atoms with Crippen molar-refractivity contribution < 1.29 is 4.74 Å². The van der Waals surface area contributed by atoms with E-state index in [1.54, 1.807) is 30.6 Å². The Morgan fingerprint density at radius 1 is 1.45 bits per heavy atom. The molecule has 0 saturated heterocycles. The molecule has 22 heavy (non-hydrogen) atoms. The van der Waals surface area contributed by atoms with Gasteiger partial charge in [0.1, 0.15) is 10.8 Å². The third kappa shape index (κ3) is 4.99. The Morgan fingerprint density at radius 2 is 2.18 bits per heavy atom. The molecule has 0 unspecified atom stereocenters. The van der Waals surface area contributed by atoms with Gasteiger partial charge in [-0.15, -0.1) is 35.3 Å². The number of anilines is 1. The average molecular weight is 453 g/mol. The van der Waals surface area contributed by atoms with Gasteiger partial charge in [-0.2, -0.15) is 0 Å². The van der Waals surface area contributed by atoms with Crippen LogP contribution in [0.25, 0.3) is 0 Å². The van der Waals surface area contributed by atoms with Gasteiger partial charge in [-0.3, -0.25) is 0 Å². The molecule has 0 bridgehead atoms. The summed E-state index contributed by atoms with van der Waals surface area (Å²) < 4.78 is 5.10. The Labute approximate surface area is 156 Å². The smallest absolute Gasteiger partial charge is 0.193 e. The van der Waals surface area contributed by atoms with Crippen molar-refractivity contribution in [2.75, 3.05) is 12.4 Å². The number of hydrogen-bond donors (Lipinski definition) is 2. The van der Waals surface area contributed by atoms with Crippen molar-refractivity contribution in [2.24, 2.45) is 10.7 Å². The van der Waals surface area contributed by atoms with Gasteiger partial charge in [0.15, 0.2) is 5.96 Å². The van der Waals surface area contributed by atoms with Crippen LogP contribution >= 0.6 is 46.9 Å². The second kappa shape index (κ2) is 8.54. The van der Waals surface area contributed by atoms with Gasteiger partial charge in [0.05, 0.1) is 24.4 Å². The van der Waals surface area contributed by atoms with Crippen LogP contribution in [0.5, 0.6) is 5.75 Å². The van der Waals surface area contributed by atoms with Gasteiger partial charge in [0.25, 0.3) is 0 Å². The van der Waals surface area contributed by atoms with E-state index in [4.69, 9.17) is 22.1 Å². The lowest BCUT2D eigenvalue weighted by molar-refractivity contribution is 0.415. The maximum atomic E-state index is 6.05. The zero-order valence-corrected chi connectivity index (χ0v) is 16.4. The molecule has 0 aliphatic rings. The van der Waals surface area contributed by atoms with Crippen molar-refractivity contribution in [2.45, 2.75) is 20.4 Å². The number of ether oxygens (including phenoxy) is 1. The van der Waals surface area contributed by atoms with Gasteiger partial charge in [-0.1, -0.05) is 11.6 Å². The Kier molecular flexibility index (Phi) is 7.37. The molecular weight excluding hydrogens is 435 g/mol. The summed E-state index contributed by atoms with van der Waals surface area (Å²) in [6.45, 7) is 4.49. The van der Waals surface area contributed by atoms with Crippen LogP contribution < -0.4 is 15.8 Å². The molecule has 0 aliphatic heterocycles. The third-order valence-electron chi connectivity index (χ3n) is 2.88. The van der Waals surface area contributed by atoms with Gasteiger partial charge in [-0.05, 0) is 32.0 Å². The Balaban J connectivity index is 0.00000242. The molecule has 0 amide bonds. The second-order valence-corrected chi connectivity index (χ2v) is 6.12. The SMILES string of the molecule is COc1ccc(NC(N)=NCc2nc(C)c(C)s2)cc1Cl.I. The fraction of sp³-hybridized carbons (Fsp3) is 0.286. The van der Waals surface area contributed by atoms with Crippen molar-refractivity contribution >= 4 is 58.6 Å². The van der Waals surface area contributed by atoms with E-state index in [1.807, 2.05) is 19.9 Å². The van der Waals surface area contributed by atoms with E-state index in [2.05, 4.69) is 15.3 Å². The lowest BCUT2D eigenvalue weighted by Crippen LogP contribution is -2.22. The molecule has 8 heteroatoms. The number of thiazole rings is 1. The second-order valence-electron chi connectivity index (χ2n) is 4.42. The lowest BCUT2D eigenvalue weighted by Gasteiger charge is -2.08. The molecule has 1 aromatic heterocycles. The number of rotatable bonds is 4. The molecule has 1 heterocycles. The predicted octanol–water partition coefficient (Wildman–Crippen LogP) is 3.97. The minimum Gasteiger partial charge on any atom is -0.495 e. The van der Waals surface area contributed by atoms with E-state index < -0.39 is 0 Å². The van der Waals surface area contributed by atoms with Gasteiger partial charge in [-0.25, -0.2) is 9.98 Å². The number of guanidine groups is 1. The third-order valence-corrected chi connectivity index (χ3v) is 4.23. The van der Waals surface area contributed by atoms with E-state index in [0.717, 1.165) is 16.4 Å². The monoisotopic (exact) mass is 452 g/mol. The van der Waals surface area contributed by atoms with Crippen molar-refractivity contribution in [3.8, 4) is 5.75 Å². The highest BCUT2D eigenvalue weighted by atomic mass is 127. The number of nitrogens with zero attached hydrogens (tertiary/aromatic N) is 2. The number of methoxy groups -OCH3 is 1. The summed E-state index contributed by atoms with van der Waals surface area (Å²) in [6.07, 6.45) is 0. The molecule has 1 aromatic carbocycles. The van der Waals surface area contributed by atoms with Crippen LogP contribution in [-0.2, 0) is 6.54 Å². The zero-order valence-electron chi connectivity index (χ0n) is 12.5. The van der Waals surface area contributed by atoms with Crippen molar-refractivity contribution in [1.82, 2.24) is 4.98 Å². The minimum absolute atomic E-state index is 0. The molecule has 120 valence electrons. The molecule has 0 fully saturated rings. The van der Waals surface area contributed by atoms with Crippen molar-refractivity contribution in [3.05, 3.63) is 38.8 Å². The fourth-order valence-corrected chi connectivity index (χ4v) is 2.81. The van der Waals surface area contributed by atoms with E-state index in [-0.39, 0.29) is 24.0 Å². The first kappa shape index (κ1) is 19.0. The highest BCUT2D eigenvalue weighted by Crippen LogP contribution is 2.27. The summed E-state index contributed by atoms with van der Waals surface area (Å²) in [5, 5.41) is 4.45. The highest BCUT2D eigenvalue weighted by molar-refractivity contribution is 14.0. The standard InChI is InChI=1S/C14H17ClN4OS.HI/c1-8-9(2)21-13(18-8)7-17-14(16)19-10-4-5-12(20-3)11(15)6-10;/h4-6H,7H2,1-3H3,(H3,16,17,19);1H. The molecule has 0 atom stereocenters. The maximum absolute atomic E-state index is 6.05. The summed E-state index contributed by atoms with van der Waals surface area (Å²) in [5.74, 6) is 0.938. The van der Waals surface area contributed by atoms with Gasteiger partial charge >= 0.3 is 0 Å². The first-order valence-electron chi connectivity index (χ1n) is 6.33. The largest absolute Gasteiger partial charge is 0.495 e. The summed E-state index contributed by atoms with van der Waals surface area (Å²) in [4.78, 5) is 9.89. The number of aryl methyl sites for hydroxylation is 2. The van der Waals surface area contributed by atoms with Crippen molar-refractivity contribution in [3.63, 3.8) is 0 Å². The number of nitrogens with two attached hydrogens (primary N) is 1. The highest BCUT2D eigenvalue weighted by Gasteiger charge is 2.04. The Bertz CT molecular complexity index is 655. The van der Waals surface area contributed by atoms with E-state index in [1.165, 1.54) is 4.88 Å². The molecule has 0 radical (unpaired) electrons. The Hall–Kier alpha value is -1.06. The molecule has 0 aliphatic carbocycles. The van der Waals surface area contributed by atoms with E-state index in [0.29, 0.717) is 23.3 Å². The lowest BCUT2D eigenvalue weighted by atomic mass is 10.3. The van der Waals surface area contributed by atoms with E-state index >= 15 is 0 Å². The number of hydrogen-bond acceptors (Lipinski definition) is 4. The number of nitrogens with one attached hydrogen (secondary N) is 1. The topological polar surface area (TPSA) is 72.5 Å². The summed E-state index contributed by atoms with van der Waals surface area (Å²) in [7, 11) is 1.57. The van der Waals surface area contributed by atoms with Crippen LogP contribution in [0.2, 0.25) is 5.02 Å². The first-order valence-corrected chi connectivity index (χ1v) is 7.52. The minimum atomic E-state index is 0. The number of benzene rings is 1. The van der Waals surface area contributed by atoms with Crippen LogP contribution in [0.3, 0.4) is 0 Å². The van der Waals surface area contributed by atoms with Gasteiger partial charge < -0.3 is 15.8 Å². The van der Waals surface area contributed by atoms with Crippen molar-refractivity contribution in [1.29, 1.82) is 0 Å². The summed E-state index contributed by atoms with van der Waals surface area (Å²) >= 11 is 7.68. The number of aromatic nitrogens is 1. The van der Waals surface area contributed by atoms with Gasteiger partial charge in [0, 0.05) is 10.6 Å². The molecule has 3 N–H and O–H groups in total. The van der Waals surface area contributed by atoms with Gasteiger partial charge in [0.2, 0.25) is 0 Å². The molecule has 2 aromatic rings. The molecule has 0 saturated carbocycles. The molecule has 2 rings (SSSR count). The maximum Gasteiger partial charge on any atom is 0.193 e. The van der Waals surface area contributed by atoms with Crippen LogP contribution in [0.1, 0.15) is 15.6 Å². The molecule has 5 nitrogen and oxygen atoms in total. The number of halogens is 2. The first-order chi connectivity index (χ1) is 9.99. The summed E-state index contributed by atoms with van der Waals surface area (Å²) in [5.41, 5.74) is 7.66. The van der Waals surface area contributed by atoms with Crippen LogP contribution in [-0.4, -0.2) is 18.1 Å². The van der Waals surface area contributed by atoms with Crippen LogP contribution in [0, 0.1) is 13.8 Å². The molecule has 0 spiro atoms. The number of aliphatic imine (C=N–C) groups is 1. The fourth-order valence-electron chi connectivity index (χ4n) is 1.69. The van der Waals surface area contributed by atoms with E-state index in [9.17, 15) is 0 Å². The predicted molar refractivity (Wildman–Crippen MR) is 104 cm³/mol. The Morgan fingerprint density at radius 3 is 2.73 bits per heavy atom. The van der Waals surface area contributed by atoms with Crippen LogP contribution in [0.15, 0.2) is 23.2 Å². The summed E-state index contributed by atoms with van der Waals surface area (Å²) in [6, 6.07) is 5.33. The van der Waals surface area contributed by atoms with Crippen LogP contribution in [0.4, 0.5) is 5.69 Å². The zero-order chi connectivity index (χ0) is 15.4. The quantitative estimate of drug-likeness (QED) is 0.418. The average Bonchev–Trinajstić information content (AvgIpc) is 2.76.